The Labute approximate surface area is 83.6 Å². The van der Waals surface area contributed by atoms with E-state index in [0.717, 1.165) is 0 Å². The Morgan fingerprint density at radius 3 is 2.64 bits per heavy atom. The fourth-order valence-corrected chi connectivity index (χ4v) is 0.964. The Kier molecular flexibility index (Phi) is 3.23. The Hall–Kier alpha value is -0.940. The average Bonchev–Trinajstić information content (AvgIpc) is 2.50. The van der Waals surface area contributed by atoms with Crippen molar-refractivity contribution in [1.82, 2.24) is 10.1 Å². The number of nitrogens with zero attached hydrogens (tertiary/aromatic N) is 2. The molecule has 0 spiro atoms. The van der Waals surface area contributed by atoms with Crippen molar-refractivity contribution in [1.29, 1.82) is 0 Å². The van der Waals surface area contributed by atoms with Crippen LogP contribution in [0.15, 0.2) is 4.52 Å². The lowest BCUT2D eigenvalue weighted by Gasteiger charge is -2.23. The maximum atomic E-state index is 5.96. The zero-order valence-corrected chi connectivity index (χ0v) is 9.07. The zero-order valence-electron chi connectivity index (χ0n) is 9.07. The maximum Gasteiger partial charge on any atom is 0.252 e. The van der Waals surface area contributed by atoms with Gasteiger partial charge in [0.1, 0.15) is 6.61 Å². The summed E-state index contributed by atoms with van der Waals surface area (Å²) in [5, 5.41) is 3.81. The summed E-state index contributed by atoms with van der Waals surface area (Å²) in [6.45, 7) is 6.42. The van der Waals surface area contributed by atoms with Gasteiger partial charge in [0.05, 0.1) is 6.04 Å². The Morgan fingerprint density at radius 2 is 2.14 bits per heavy atom. The molecule has 1 rings (SSSR count). The molecule has 80 valence electrons. The van der Waals surface area contributed by atoms with E-state index in [2.05, 4.69) is 10.1 Å². The van der Waals surface area contributed by atoms with E-state index in [-0.39, 0.29) is 11.5 Å². The third-order valence-electron chi connectivity index (χ3n) is 1.96. The van der Waals surface area contributed by atoms with Crippen LogP contribution >= 0.6 is 0 Å². The molecule has 0 fully saturated rings. The molecule has 1 heterocycles. The predicted octanol–water partition coefficient (Wildman–Crippen LogP) is 1.26. The highest BCUT2D eigenvalue weighted by Gasteiger charge is 2.26. The van der Waals surface area contributed by atoms with Gasteiger partial charge in [-0.1, -0.05) is 25.9 Å². The molecule has 0 saturated heterocycles. The smallest absolute Gasteiger partial charge is 0.252 e. The Balaban J connectivity index is 2.76. The van der Waals surface area contributed by atoms with Crippen molar-refractivity contribution in [2.24, 2.45) is 11.1 Å². The molecule has 2 N–H and O–H groups in total. The fraction of sp³-hybridized carbons (Fsp3) is 0.778. The number of hydrogen-bond donors (Lipinski definition) is 1. The largest absolute Gasteiger partial charge is 0.375 e. The van der Waals surface area contributed by atoms with Gasteiger partial charge in [-0.2, -0.15) is 4.98 Å². The second-order valence-electron chi connectivity index (χ2n) is 4.32. The molecule has 1 unspecified atom stereocenters. The Morgan fingerprint density at radius 1 is 1.50 bits per heavy atom. The van der Waals surface area contributed by atoms with Crippen molar-refractivity contribution < 1.29 is 9.26 Å². The third-order valence-corrected chi connectivity index (χ3v) is 1.96. The van der Waals surface area contributed by atoms with Gasteiger partial charge in [-0.25, -0.2) is 0 Å². The summed E-state index contributed by atoms with van der Waals surface area (Å²) in [4.78, 5) is 4.14. The molecule has 0 bridgehead atoms. The monoisotopic (exact) mass is 199 g/mol. The fourth-order valence-electron chi connectivity index (χ4n) is 0.964. The molecule has 1 aromatic heterocycles. The number of aromatic nitrogens is 2. The van der Waals surface area contributed by atoms with Gasteiger partial charge in [-0.05, 0) is 5.41 Å². The highest BCUT2D eigenvalue weighted by molar-refractivity contribution is 4.97. The minimum absolute atomic E-state index is 0.0752. The van der Waals surface area contributed by atoms with Gasteiger partial charge in [0.25, 0.3) is 5.89 Å². The molecule has 0 radical (unpaired) electrons. The van der Waals surface area contributed by atoms with Crippen LogP contribution < -0.4 is 5.73 Å². The summed E-state index contributed by atoms with van der Waals surface area (Å²) in [7, 11) is 1.58. The minimum atomic E-state index is -0.225. The first kappa shape index (κ1) is 11.1. The number of rotatable bonds is 3. The molecule has 5 nitrogen and oxygen atoms in total. The molecule has 0 saturated carbocycles. The van der Waals surface area contributed by atoms with E-state index < -0.39 is 0 Å². The van der Waals surface area contributed by atoms with Crippen molar-refractivity contribution in [2.45, 2.75) is 33.4 Å². The van der Waals surface area contributed by atoms with Crippen LogP contribution in [0.3, 0.4) is 0 Å². The van der Waals surface area contributed by atoms with E-state index in [1.54, 1.807) is 7.11 Å². The first-order valence-electron chi connectivity index (χ1n) is 4.52. The second kappa shape index (κ2) is 4.06. The van der Waals surface area contributed by atoms with E-state index in [9.17, 15) is 0 Å². The molecule has 5 heteroatoms. The lowest BCUT2D eigenvalue weighted by Crippen LogP contribution is -2.27. The van der Waals surface area contributed by atoms with Gasteiger partial charge in [-0.15, -0.1) is 0 Å². The van der Waals surface area contributed by atoms with Crippen molar-refractivity contribution >= 4 is 0 Å². The topological polar surface area (TPSA) is 74.2 Å². The van der Waals surface area contributed by atoms with Crippen molar-refractivity contribution in [2.75, 3.05) is 7.11 Å². The molecular formula is C9H17N3O2. The highest BCUT2D eigenvalue weighted by atomic mass is 16.5. The van der Waals surface area contributed by atoms with Crippen molar-refractivity contribution in [3.8, 4) is 0 Å². The number of nitrogens with two attached hydrogens (primary N) is 1. The molecule has 0 aliphatic rings. The summed E-state index contributed by atoms with van der Waals surface area (Å²) < 4.78 is 9.82. The van der Waals surface area contributed by atoms with E-state index >= 15 is 0 Å². The van der Waals surface area contributed by atoms with Crippen LogP contribution in [-0.4, -0.2) is 17.3 Å². The molecule has 0 aliphatic heterocycles. The van der Waals surface area contributed by atoms with Crippen LogP contribution in [0.25, 0.3) is 0 Å². The molecular weight excluding hydrogens is 182 g/mol. The lowest BCUT2D eigenvalue weighted by atomic mass is 9.87. The van der Waals surface area contributed by atoms with Gasteiger partial charge in [-0.3, -0.25) is 0 Å². The normalized spacial score (nSPS) is 14.4. The summed E-state index contributed by atoms with van der Waals surface area (Å²) in [6.07, 6.45) is 0. The summed E-state index contributed by atoms with van der Waals surface area (Å²) in [5.74, 6) is 0.992. The van der Waals surface area contributed by atoms with Crippen LogP contribution in [-0.2, 0) is 11.3 Å². The van der Waals surface area contributed by atoms with E-state index in [1.165, 1.54) is 0 Å². The van der Waals surface area contributed by atoms with Crippen LogP contribution in [0.5, 0.6) is 0 Å². The van der Waals surface area contributed by atoms with E-state index in [0.29, 0.717) is 18.3 Å². The Bertz CT molecular complexity index is 290. The zero-order chi connectivity index (χ0) is 10.8. The maximum absolute atomic E-state index is 5.96. The number of hydrogen-bond acceptors (Lipinski definition) is 5. The summed E-state index contributed by atoms with van der Waals surface area (Å²) in [6, 6.07) is -0.225. The number of ether oxygens (including phenoxy) is 1. The van der Waals surface area contributed by atoms with Gasteiger partial charge in [0.15, 0.2) is 5.82 Å². The third kappa shape index (κ3) is 2.52. The van der Waals surface area contributed by atoms with E-state index in [1.807, 2.05) is 20.8 Å². The molecule has 0 amide bonds. The summed E-state index contributed by atoms with van der Waals surface area (Å²) >= 11 is 0. The molecule has 0 aromatic carbocycles. The van der Waals surface area contributed by atoms with Crippen LogP contribution in [0.2, 0.25) is 0 Å². The second-order valence-corrected chi connectivity index (χ2v) is 4.32. The van der Waals surface area contributed by atoms with E-state index in [4.69, 9.17) is 15.0 Å². The standard InChI is InChI=1S/C9H17N3O2/c1-9(2,3)7(10)8-11-6(5-13-4)14-12-8/h7H,5,10H2,1-4H3. The molecule has 1 atom stereocenters. The molecule has 14 heavy (non-hydrogen) atoms. The minimum Gasteiger partial charge on any atom is -0.375 e. The highest BCUT2D eigenvalue weighted by Crippen LogP contribution is 2.28. The van der Waals surface area contributed by atoms with Crippen LogP contribution in [0.1, 0.15) is 38.5 Å². The van der Waals surface area contributed by atoms with Crippen molar-refractivity contribution in [3.05, 3.63) is 11.7 Å². The quantitative estimate of drug-likeness (QED) is 0.793. The number of methoxy groups -OCH3 is 1. The average molecular weight is 199 g/mol. The van der Waals surface area contributed by atoms with Crippen LogP contribution in [0.4, 0.5) is 0 Å². The summed E-state index contributed by atoms with van der Waals surface area (Å²) in [5.41, 5.74) is 5.88. The molecule has 1 aromatic rings. The molecule has 0 aliphatic carbocycles. The van der Waals surface area contributed by atoms with Gasteiger partial charge < -0.3 is 15.0 Å². The SMILES string of the molecule is COCc1nc(C(N)C(C)(C)C)no1. The van der Waals surface area contributed by atoms with Gasteiger partial charge in [0.2, 0.25) is 0 Å². The predicted molar refractivity (Wildman–Crippen MR) is 51.4 cm³/mol. The first-order chi connectivity index (χ1) is 6.45. The van der Waals surface area contributed by atoms with Crippen molar-refractivity contribution in [3.63, 3.8) is 0 Å². The first-order valence-corrected chi connectivity index (χ1v) is 4.52. The van der Waals surface area contributed by atoms with Gasteiger partial charge in [0, 0.05) is 7.11 Å². The van der Waals surface area contributed by atoms with Crippen LogP contribution in [0, 0.1) is 5.41 Å². The lowest BCUT2D eigenvalue weighted by molar-refractivity contribution is 0.151. The van der Waals surface area contributed by atoms with Gasteiger partial charge >= 0.3 is 0 Å².